The second-order valence-corrected chi connectivity index (χ2v) is 6.35. The minimum absolute atomic E-state index is 0.0145. The van der Waals surface area contributed by atoms with E-state index in [0.717, 1.165) is 30.7 Å². The average Bonchev–Trinajstić information content (AvgIpc) is 2.91. The SMILES string of the molecule is CC1CCC(CO)(NC(=O)c2csc(CN)n2)CC1. The summed E-state index contributed by atoms with van der Waals surface area (Å²) in [5.41, 5.74) is 5.42. The maximum Gasteiger partial charge on any atom is 0.271 e. The molecule has 0 unspecified atom stereocenters. The predicted octanol–water partition coefficient (Wildman–Crippen LogP) is 1.27. The van der Waals surface area contributed by atoms with Gasteiger partial charge in [0, 0.05) is 11.9 Å². The van der Waals surface area contributed by atoms with Crippen molar-refractivity contribution in [2.75, 3.05) is 6.61 Å². The second-order valence-electron chi connectivity index (χ2n) is 5.41. The summed E-state index contributed by atoms with van der Waals surface area (Å²) < 4.78 is 0. The summed E-state index contributed by atoms with van der Waals surface area (Å²) in [7, 11) is 0. The minimum Gasteiger partial charge on any atom is -0.394 e. The number of amides is 1. The van der Waals surface area contributed by atoms with E-state index in [-0.39, 0.29) is 12.5 Å². The fourth-order valence-electron chi connectivity index (χ4n) is 2.45. The number of aliphatic hydroxyl groups is 1. The topological polar surface area (TPSA) is 88.2 Å². The highest BCUT2D eigenvalue weighted by Crippen LogP contribution is 2.31. The molecule has 106 valence electrons. The Hall–Kier alpha value is -0.980. The maximum atomic E-state index is 12.2. The molecular formula is C13H21N3O2S. The highest BCUT2D eigenvalue weighted by atomic mass is 32.1. The van der Waals surface area contributed by atoms with Crippen molar-refractivity contribution in [3.8, 4) is 0 Å². The molecule has 0 spiro atoms. The van der Waals surface area contributed by atoms with Gasteiger partial charge in [-0.2, -0.15) is 0 Å². The summed E-state index contributed by atoms with van der Waals surface area (Å²) >= 11 is 1.39. The van der Waals surface area contributed by atoms with Crippen molar-refractivity contribution in [1.29, 1.82) is 0 Å². The van der Waals surface area contributed by atoms with Crippen LogP contribution in [0.3, 0.4) is 0 Å². The molecule has 1 aromatic rings. The fourth-order valence-corrected chi connectivity index (χ4v) is 3.11. The van der Waals surface area contributed by atoms with E-state index in [0.29, 0.717) is 18.2 Å². The molecule has 4 N–H and O–H groups in total. The lowest BCUT2D eigenvalue weighted by atomic mass is 9.77. The van der Waals surface area contributed by atoms with E-state index in [2.05, 4.69) is 17.2 Å². The van der Waals surface area contributed by atoms with Gasteiger partial charge in [-0.05, 0) is 31.6 Å². The lowest BCUT2D eigenvalue weighted by Crippen LogP contribution is -2.53. The lowest BCUT2D eigenvalue weighted by Gasteiger charge is -2.38. The highest BCUT2D eigenvalue weighted by Gasteiger charge is 2.35. The van der Waals surface area contributed by atoms with Gasteiger partial charge in [0.2, 0.25) is 0 Å². The predicted molar refractivity (Wildman–Crippen MR) is 74.9 cm³/mol. The number of thiazole rings is 1. The smallest absolute Gasteiger partial charge is 0.271 e. The third kappa shape index (κ3) is 3.32. The summed E-state index contributed by atoms with van der Waals surface area (Å²) in [4.78, 5) is 16.3. The fraction of sp³-hybridized carbons (Fsp3) is 0.692. The first-order valence-corrected chi connectivity index (χ1v) is 7.54. The van der Waals surface area contributed by atoms with Gasteiger partial charge in [-0.15, -0.1) is 11.3 Å². The molecule has 1 aromatic heterocycles. The van der Waals surface area contributed by atoms with Crippen molar-refractivity contribution < 1.29 is 9.90 Å². The number of carbonyl (C=O) groups is 1. The van der Waals surface area contributed by atoms with Gasteiger partial charge in [0.15, 0.2) is 0 Å². The van der Waals surface area contributed by atoms with E-state index < -0.39 is 5.54 Å². The van der Waals surface area contributed by atoms with E-state index in [1.165, 1.54) is 11.3 Å². The monoisotopic (exact) mass is 283 g/mol. The van der Waals surface area contributed by atoms with Crippen molar-refractivity contribution in [2.24, 2.45) is 11.7 Å². The zero-order valence-corrected chi connectivity index (χ0v) is 12.0. The van der Waals surface area contributed by atoms with Crippen LogP contribution in [0.4, 0.5) is 0 Å². The van der Waals surface area contributed by atoms with Crippen LogP contribution in [0, 0.1) is 5.92 Å². The third-order valence-corrected chi connectivity index (χ3v) is 4.74. The van der Waals surface area contributed by atoms with Crippen LogP contribution >= 0.6 is 11.3 Å². The van der Waals surface area contributed by atoms with Crippen molar-refractivity contribution in [3.05, 3.63) is 16.1 Å². The van der Waals surface area contributed by atoms with Gasteiger partial charge in [-0.3, -0.25) is 4.79 Å². The summed E-state index contributed by atoms with van der Waals surface area (Å²) in [6.07, 6.45) is 3.71. The maximum absolute atomic E-state index is 12.2. The molecular weight excluding hydrogens is 262 g/mol. The largest absolute Gasteiger partial charge is 0.394 e. The molecule has 5 nitrogen and oxygen atoms in total. The van der Waals surface area contributed by atoms with Crippen LogP contribution in [0.1, 0.15) is 48.1 Å². The summed E-state index contributed by atoms with van der Waals surface area (Å²) in [5.74, 6) is 0.458. The molecule has 0 saturated heterocycles. The van der Waals surface area contributed by atoms with Crippen molar-refractivity contribution in [2.45, 2.75) is 44.7 Å². The number of aromatic nitrogens is 1. The first-order chi connectivity index (χ1) is 9.08. The second kappa shape index (κ2) is 5.98. The van der Waals surface area contributed by atoms with E-state index in [9.17, 15) is 9.90 Å². The Morgan fingerprint density at radius 1 is 1.63 bits per heavy atom. The zero-order valence-electron chi connectivity index (χ0n) is 11.2. The standard InChI is InChI=1S/C13H21N3O2S/c1-9-2-4-13(8-17,5-3-9)16-12(18)10-7-19-11(6-14)15-10/h7,9,17H,2-6,8,14H2,1H3,(H,16,18). The Balaban J connectivity index is 2.03. The number of hydrogen-bond donors (Lipinski definition) is 3. The van der Waals surface area contributed by atoms with Crippen LogP contribution < -0.4 is 11.1 Å². The van der Waals surface area contributed by atoms with Crippen LogP contribution in [-0.2, 0) is 6.54 Å². The summed E-state index contributed by atoms with van der Waals surface area (Å²) in [6, 6.07) is 0. The number of nitrogens with two attached hydrogens (primary N) is 1. The van der Waals surface area contributed by atoms with Gasteiger partial charge in [0.05, 0.1) is 12.1 Å². The Bertz CT molecular complexity index is 439. The van der Waals surface area contributed by atoms with E-state index in [1.54, 1.807) is 5.38 Å². The van der Waals surface area contributed by atoms with Gasteiger partial charge in [0.25, 0.3) is 5.91 Å². The Morgan fingerprint density at radius 2 is 2.32 bits per heavy atom. The Kier molecular flexibility index (Phi) is 4.54. The van der Waals surface area contributed by atoms with Crippen LogP contribution in [0.2, 0.25) is 0 Å². The van der Waals surface area contributed by atoms with Gasteiger partial charge in [0.1, 0.15) is 10.7 Å². The lowest BCUT2D eigenvalue weighted by molar-refractivity contribution is 0.0713. The number of carbonyl (C=O) groups excluding carboxylic acids is 1. The molecule has 1 aliphatic carbocycles. The zero-order chi connectivity index (χ0) is 13.9. The number of aliphatic hydroxyl groups excluding tert-OH is 1. The first kappa shape index (κ1) is 14.4. The number of hydrogen-bond acceptors (Lipinski definition) is 5. The normalized spacial score (nSPS) is 27.2. The molecule has 0 bridgehead atoms. The molecule has 1 saturated carbocycles. The molecule has 1 heterocycles. The molecule has 1 amide bonds. The highest BCUT2D eigenvalue weighted by molar-refractivity contribution is 7.09. The molecule has 2 rings (SSSR count). The minimum atomic E-state index is -0.476. The van der Waals surface area contributed by atoms with Crippen molar-refractivity contribution in [3.63, 3.8) is 0 Å². The Labute approximate surface area is 117 Å². The van der Waals surface area contributed by atoms with E-state index >= 15 is 0 Å². The van der Waals surface area contributed by atoms with Gasteiger partial charge >= 0.3 is 0 Å². The Morgan fingerprint density at radius 3 is 2.84 bits per heavy atom. The third-order valence-electron chi connectivity index (χ3n) is 3.87. The molecule has 19 heavy (non-hydrogen) atoms. The van der Waals surface area contributed by atoms with Gasteiger partial charge < -0.3 is 16.2 Å². The molecule has 6 heteroatoms. The van der Waals surface area contributed by atoms with Crippen LogP contribution in [0.15, 0.2) is 5.38 Å². The van der Waals surface area contributed by atoms with Crippen LogP contribution in [0.25, 0.3) is 0 Å². The van der Waals surface area contributed by atoms with Gasteiger partial charge in [-0.25, -0.2) is 4.98 Å². The van der Waals surface area contributed by atoms with E-state index in [1.807, 2.05) is 0 Å². The van der Waals surface area contributed by atoms with Crippen LogP contribution in [0.5, 0.6) is 0 Å². The average molecular weight is 283 g/mol. The quantitative estimate of drug-likeness (QED) is 0.776. The van der Waals surface area contributed by atoms with E-state index in [4.69, 9.17) is 5.73 Å². The van der Waals surface area contributed by atoms with Gasteiger partial charge in [-0.1, -0.05) is 6.92 Å². The molecule has 0 radical (unpaired) electrons. The molecule has 0 atom stereocenters. The van der Waals surface area contributed by atoms with Crippen LogP contribution in [-0.4, -0.2) is 28.1 Å². The number of nitrogens with zero attached hydrogens (tertiary/aromatic N) is 1. The molecule has 0 aliphatic heterocycles. The number of rotatable bonds is 4. The molecule has 0 aromatic carbocycles. The number of nitrogens with one attached hydrogen (secondary N) is 1. The first-order valence-electron chi connectivity index (χ1n) is 6.66. The van der Waals surface area contributed by atoms with Crippen molar-refractivity contribution >= 4 is 17.2 Å². The van der Waals surface area contributed by atoms with Crippen molar-refractivity contribution in [1.82, 2.24) is 10.3 Å². The summed E-state index contributed by atoms with van der Waals surface area (Å²) in [5, 5.41) is 15.1. The summed E-state index contributed by atoms with van der Waals surface area (Å²) in [6.45, 7) is 2.54. The molecule has 1 fully saturated rings. The molecule has 1 aliphatic rings.